The van der Waals surface area contributed by atoms with E-state index in [9.17, 15) is 0 Å². The van der Waals surface area contributed by atoms with Crippen LogP contribution in [0.3, 0.4) is 0 Å². The van der Waals surface area contributed by atoms with Crippen molar-refractivity contribution in [2.75, 3.05) is 13.1 Å². The van der Waals surface area contributed by atoms with E-state index >= 15 is 0 Å². The Morgan fingerprint density at radius 3 is 1.86 bits per heavy atom. The Bertz CT molecular complexity index is 194. The van der Waals surface area contributed by atoms with Gasteiger partial charge in [-0.3, -0.25) is 0 Å². The summed E-state index contributed by atoms with van der Waals surface area (Å²) in [5.74, 6) is 2.82. The summed E-state index contributed by atoms with van der Waals surface area (Å²) in [5.41, 5.74) is 0. The van der Waals surface area contributed by atoms with Crippen molar-refractivity contribution in [3.05, 3.63) is 0 Å². The molecule has 2 aliphatic heterocycles. The minimum absolute atomic E-state index is 0.823. The molecule has 4 unspecified atom stereocenters. The van der Waals surface area contributed by atoms with E-state index in [1.807, 2.05) is 0 Å². The number of hydrogen-bond donors (Lipinski definition) is 2. The second-order valence-corrected chi connectivity index (χ2v) is 5.43. The van der Waals surface area contributed by atoms with Crippen molar-refractivity contribution in [3.8, 4) is 0 Å². The van der Waals surface area contributed by atoms with Crippen LogP contribution in [-0.4, -0.2) is 25.2 Å². The number of hydrogen-bond acceptors (Lipinski definition) is 2. The molecule has 1 saturated carbocycles. The standard InChI is InChI=1S/C12H22N2/c1-8-11-9(4-2-6-13-11)10-5-3-7-14-12(8)10/h8-14H,2-7H2,1H3. The summed E-state index contributed by atoms with van der Waals surface area (Å²) in [5, 5.41) is 7.49. The fraction of sp³-hybridized carbons (Fsp3) is 1.00. The highest BCUT2D eigenvalue weighted by Crippen LogP contribution is 2.44. The monoisotopic (exact) mass is 194 g/mol. The molecule has 0 spiro atoms. The highest BCUT2D eigenvalue weighted by molar-refractivity contribution is 5.05. The van der Waals surface area contributed by atoms with Crippen LogP contribution in [0, 0.1) is 17.8 Å². The maximum atomic E-state index is 3.75. The normalized spacial score (nSPS) is 52.5. The van der Waals surface area contributed by atoms with E-state index in [1.54, 1.807) is 0 Å². The summed E-state index contributed by atoms with van der Waals surface area (Å²) in [6.07, 6.45) is 5.75. The smallest absolute Gasteiger partial charge is 0.0139 e. The van der Waals surface area contributed by atoms with Gasteiger partial charge < -0.3 is 10.6 Å². The third-order valence-corrected chi connectivity index (χ3v) is 4.79. The van der Waals surface area contributed by atoms with E-state index in [0.29, 0.717) is 0 Å². The third kappa shape index (κ3) is 1.24. The van der Waals surface area contributed by atoms with E-state index < -0.39 is 0 Å². The molecular weight excluding hydrogens is 172 g/mol. The van der Waals surface area contributed by atoms with Gasteiger partial charge >= 0.3 is 0 Å². The van der Waals surface area contributed by atoms with E-state index in [0.717, 1.165) is 29.8 Å². The molecule has 2 N–H and O–H groups in total. The molecule has 0 aromatic carbocycles. The first kappa shape index (κ1) is 9.17. The maximum Gasteiger partial charge on any atom is 0.0139 e. The fourth-order valence-corrected chi connectivity index (χ4v) is 4.21. The highest BCUT2D eigenvalue weighted by Gasteiger charge is 2.49. The number of rotatable bonds is 0. The van der Waals surface area contributed by atoms with Crippen molar-refractivity contribution >= 4 is 0 Å². The Kier molecular flexibility index (Phi) is 2.29. The van der Waals surface area contributed by atoms with Crippen molar-refractivity contribution in [2.45, 2.75) is 44.7 Å². The van der Waals surface area contributed by atoms with Gasteiger partial charge in [0.05, 0.1) is 0 Å². The predicted octanol–water partition coefficient (Wildman–Crippen LogP) is 1.37. The van der Waals surface area contributed by atoms with Gasteiger partial charge in [0.1, 0.15) is 0 Å². The molecule has 80 valence electrons. The van der Waals surface area contributed by atoms with Crippen LogP contribution in [-0.2, 0) is 0 Å². The minimum atomic E-state index is 0.823. The molecule has 3 aliphatic rings. The number of nitrogens with one attached hydrogen (secondary N) is 2. The second kappa shape index (κ2) is 3.49. The van der Waals surface area contributed by atoms with Crippen LogP contribution >= 0.6 is 0 Å². The van der Waals surface area contributed by atoms with E-state index in [4.69, 9.17) is 0 Å². The van der Waals surface area contributed by atoms with E-state index in [-0.39, 0.29) is 0 Å². The average Bonchev–Trinajstić information content (AvgIpc) is 2.55. The topological polar surface area (TPSA) is 24.1 Å². The van der Waals surface area contributed by atoms with Crippen LogP contribution in [0.4, 0.5) is 0 Å². The first-order valence-electron chi connectivity index (χ1n) is 6.34. The minimum Gasteiger partial charge on any atom is -0.313 e. The summed E-state index contributed by atoms with van der Waals surface area (Å²) < 4.78 is 0. The molecule has 2 heteroatoms. The van der Waals surface area contributed by atoms with Gasteiger partial charge in [-0.05, 0) is 56.5 Å². The van der Waals surface area contributed by atoms with Crippen molar-refractivity contribution in [1.29, 1.82) is 0 Å². The lowest BCUT2D eigenvalue weighted by Gasteiger charge is -2.33. The van der Waals surface area contributed by atoms with Gasteiger partial charge in [0.15, 0.2) is 0 Å². The molecule has 2 nitrogen and oxygen atoms in total. The zero-order valence-corrected chi connectivity index (χ0v) is 9.13. The quantitative estimate of drug-likeness (QED) is 0.608. The van der Waals surface area contributed by atoms with Crippen molar-refractivity contribution < 1.29 is 0 Å². The molecule has 0 amide bonds. The Labute approximate surface area is 86.8 Å². The van der Waals surface area contributed by atoms with Crippen LogP contribution < -0.4 is 10.6 Å². The van der Waals surface area contributed by atoms with Gasteiger partial charge in [0, 0.05) is 12.1 Å². The van der Waals surface area contributed by atoms with E-state index in [1.165, 1.54) is 38.8 Å². The third-order valence-electron chi connectivity index (χ3n) is 4.79. The Morgan fingerprint density at radius 2 is 1.36 bits per heavy atom. The molecule has 14 heavy (non-hydrogen) atoms. The molecule has 0 aromatic heterocycles. The molecule has 0 radical (unpaired) electrons. The largest absolute Gasteiger partial charge is 0.313 e. The number of piperidine rings is 2. The van der Waals surface area contributed by atoms with Gasteiger partial charge in [-0.2, -0.15) is 0 Å². The van der Waals surface area contributed by atoms with Crippen molar-refractivity contribution in [1.82, 2.24) is 10.6 Å². The Morgan fingerprint density at radius 1 is 0.857 bits per heavy atom. The summed E-state index contributed by atoms with van der Waals surface area (Å²) in [6, 6.07) is 1.65. The molecule has 4 atom stereocenters. The summed E-state index contributed by atoms with van der Waals surface area (Å²) in [7, 11) is 0. The highest BCUT2D eigenvalue weighted by atomic mass is 15.0. The first-order valence-corrected chi connectivity index (χ1v) is 6.34. The van der Waals surface area contributed by atoms with Crippen LogP contribution in [0.2, 0.25) is 0 Å². The summed E-state index contributed by atoms with van der Waals surface area (Å²) >= 11 is 0. The SMILES string of the molecule is CC1C2NCCCC2C2CCCNC12. The molecule has 3 fully saturated rings. The van der Waals surface area contributed by atoms with Crippen LogP contribution in [0.1, 0.15) is 32.6 Å². The Hall–Kier alpha value is -0.0800. The zero-order chi connectivity index (χ0) is 9.54. The lowest BCUT2D eigenvalue weighted by Crippen LogP contribution is -2.44. The lowest BCUT2D eigenvalue weighted by molar-refractivity contribution is 0.217. The summed E-state index contributed by atoms with van der Waals surface area (Å²) in [6.45, 7) is 4.95. The van der Waals surface area contributed by atoms with Crippen LogP contribution in [0.25, 0.3) is 0 Å². The molecule has 1 aliphatic carbocycles. The average molecular weight is 194 g/mol. The predicted molar refractivity (Wildman–Crippen MR) is 58.2 cm³/mol. The Balaban J connectivity index is 1.83. The van der Waals surface area contributed by atoms with Crippen molar-refractivity contribution in [2.24, 2.45) is 17.8 Å². The van der Waals surface area contributed by atoms with Crippen LogP contribution in [0.15, 0.2) is 0 Å². The molecule has 3 rings (SSSR count). The molecule has 0 bridgehead atoms. The first-order chi connectivity index (χ1) is 6.88. The fourth-order valence-electron chi connectivity index (χ4n) is 4.21. The van der Waals surface area contributed by atoms with Crippen molar-refractivity contribution in [3.63, 3.8) is 0 Å². The molecular formula is C12H22N2. The second-order valence-electron chi connectivity index (χ2n) is 5.43. The molecule has 0 aromatic rings. The molecule has 2 saturated heterocycles. The van der Waals surface area contributed by atoms with Gasteiger partial charge in [-0.15, -0.1) is 0 Å². The lowest BCUT2D eigenvalue weighted by atomic mass is 9.82. The maximum absolute atomic E-state index is 3.75. The van der Waals surface area contributed by atoms with Gasteiger partial charge in [0.25, 0.3) is 0 Å². The number of fused-ring (bicyclic) bond motifs is 3. The summed E-state index contributed by atoms with van der Waals surface area (Å²) in [4.78, 5) is 0. The van der Waals surface area contributed by atoms with Gasteiger partial charge in [-0.1, -0.05) is 6.92 Å². The molecule has 2 heterocycles. The zero-order valence-electron chi connectivity index (χ0n) is 9.13. The van der Waals surface area contributed by atoms with Gasteiger partial charge in [-0.25, -0.2) is 0 Å². The van der Waals surface area contributed by atoms with E-state index in [2.05, 4.69) is 17.6 Å². The van der Waals surface area contributed by atoms with Crippen LogP contribution in [0.5, 0.6) is 0 Å². The van der Waals surface area contributed by atoms with Gasteiger partial charge in [0.2, 0.25) is 0 Å².